The number of amides is 1. The molecule has 0 atom stereocenters. The fraction of sp³-hybridized carbons (Fsp3) is 0.562. The zero-order chi connectivity index (χ0) is 15.2. The number of rotatable bonds is 5. The van der Waals surface area contributed by atoms with Crippen molar-refractivity contribution in [3.8, 4) is 11.4 Å². The highest BCUT2D eigenvalue weighted by atomic mass is 32.1. The highest BCUT2D eigenvalue weighted by molar-refractivity contribution is 7.08. The molecule has 1 saturated carbocycles. The van der Waals surface area contributed by atoms with Gasteiger partial charge in [0.15, 0.2) is 0 Å². The molecule has 22 heavy (non-hydrogen) atoms. The molecule has 0 bridgehead atoms. The zero-order valence-electron chi connectivity index (χ0n) is 12.6. The summed E-state index contributed by atoms with van der Waals surface area (Å²) in [4.78, 5) is 16.4. The topological polar surface area (TPSA) is 68.0 Å². The molecular formula is C16H21N3O2S. The molecule has 1 aliphatic carbocycles. The van der Waals surface area contributed by atoms with Crippen LogP contribution in [0, 0.1) is 0 Å². The van der Waals surface area contributed by atoms with Gasteiger partial charge in [-0.05, 0) is 24.3 Å². The molecule has 0 unspecified atom stereocenters. The van der Waals surface area contributed by atoms with Crippen molar-refractivity contribution in [2.75, 3.05) is 0 Å². The van der Waals surface area contributed by atoms with Gasteiger partial charge in [-0.1, -0.05) is 30.8 Å². The third kappa shape index (κ3) is 4.16. The number of nitrogens with one attached hydrogen (secondary N) is 1. The quantitative estimate of drug-likeness (QED) is 0.856. The van der Waals surface area contributed by atoms with E-state index in [2.05, 4.69) is 15.5 Å². The number of nitrogens with zero attached hydrogens (tertiary/aromatic N) is 2. The Morgan fingerprint density at radius 3 is 2.86 bits per heavy atom. The first kappa shape index (κ1) is 15.2. The van der Waals surface area contributed by atoms with Gasteiger partial charge < -0.3 is 9.84 Å². The van der Waals surface area contributed by atoms with Crippen LogP contribution >= 0.6 is 11.3 Å². The van der Waals surface area contributed by atoms with Crippen LogP contribution in [-0.2, 0) is 11.2 Å². The maximum Gasteiger partial charge on any atom is 0.227 e. The van der Waals surface area contributed by atoms with Gasteiger partial charge in [-0.15, -0.1) is 0 Å². The van der Waals surface area contributed by atoms with Crippen molar-refractivity contribution in [1.82, 2.24) is 15.5 Å². The number of aryl methyl sites for hydroxylation is 1. The van der Waals surface area contributed by atoms with Gasteiger partial charge in [0.05, 0.1) is 0 Å². The van der Waals surface area contributed by atoms with Gasteiger partial charge in [-0.25, -0.2) is 0 Å². The second-order valence-corrected chi connectivity index (χ2v) is 6.56. The normalized spacial score (nSPS) is 16.4. The summed E-state index contributed by atoms with van der Waals surface area (Å²) in [6, 6.07) is 2.30. The molecular weight excluding hydrogens is 298 g/mol. The largest absolute Gasteiger partial charge is 0.353 e. The summed E-state index contributed by atoms with van der Waals surface area (Å²) in [7, 11) is 0. The Morgan fingerprint density at radius 1 is 1.32 bits per heavy atom. The molecule has 2 heterocycles. The van der Waals surface area contributed by atoms with Crippen LogP contribution in [-0.4, -0.2) is 22.1 Å². The third-order valence-corrected chi connectivity index (χ3v) is 4.72. The molecule has 6 heteroatoms. The van der Waals surface area contributed by atoms with Crippen LogP contribution in [0.25, 0.3) is 11.4 Å². The SMILES string of the molecule is O=C(CCc1nc(-c2ccsc2)no1)NC1CCCCCC1. The number of aromatic nitrogens is 2. The van der Waals surface area contributed by atoms with E-state index in [-0.39, 0.29) is 5.91 Å². The minimum Gasteiger partial charge on any atom is -0.353 e. The van der Waals surface area contributed by atoms with Crippen molar-refractivity contribution in [2.45, 2.75) is 57.4 Å². The Hall–Kier alpha value is -1.69. The lowest BCUT2D eigenvalue weighted by Gasteiger charge is -2.15. The average molecular weight is 319 g/mol. The molecule has 3 rings (SSSR count). The van der Waals surface area contributed by atoms with Gasteiger partial charge in [0.25, 0.3) is 0 Å². The van der Waals surface area contributed by atoms with Crippen LogP contribution in [0.3, 0.4) is 0 Å². The summed E-state index contributed by atoms with van der Waals surface area (Å²) in [5.74, 6) is 1.21. The number of carbonyl (C=O) groups is 1. The first-order valence-electron chi connectivity index (χ1n) is 7.96. The summed E-state index contributed by atoms with van der Waals surface area (Å²) < 4.78 is 5.21. The second-order valence-electron chi connectivity index (χ2n) is 5.78. The Labute approximate surface area is 134 Å². The van der Waals surface area contributed by atoms with Gasteiger partial charge in [0.2, 0.25) is 17.6 Å². The van der Waals surface area contributed by atoms with Crippen molar-refractivity contribution >= 4 is 17.2 Å². The van der Waals surface area contributed by atoms with Gasteiger partial charge >= 0.3 is 0 Å². The summed E-state index contributed by atoms with van der Waals surface area (Å²) in [5, 5.41) is 11.0. The first-order valence-corrected chi connectivity index (χ1v) is 8.90. The third-order valence-electron chi connectivity index (χ3n) is 4.03. The number of hydrogen-bond acceptors (Lipinski definition) is 5. The van der Waals surface area contributed by atoms with E-state index >= 15 is 0 Å². The van der Waals surface area contributed by atoms with Crippen molar-refractivity contribution in [1.29, 1.82) is 0 Å². The Balaban J connectivity index is 1.46. The summed E-state index contributed by atoms with van der Waals surface area (Å²) in [5.41, 5.74) is 0.961. The Bertz CT molecular complexity index is 586. The summed E-state index contributed by atoms with van der Waals surface area (Å²) in [6.07, 6.45) is 8.14. The van der Waals surface area contributed by atoms with E-state index in [1.54, 1.807) is 11.3 Å². The fourth-order valence-corrected chi connectivity index (χ4v) is 3.44. The number of thiophene rings is 1. The molecule has 5 nitrogen and oxygen atoms in total. The molecule has 2 aromatic heterocycles. The molecule has 1 aliphatic rings. The molecule has 1 amide bonds. The Morgan fingerprint density at radius 2 is 2.14 bits per heavy atom. The lowest BCUT2D eigenvalue weighted by Crippen LogP contribution is -2.34. The van der Waals surface area contributed by atoms with Crippen LogP contribution in [0.15, 0.2) is 21.3 Å². The minimum absolute atomic E-state index is 0.0854. The monoisotopic (exact) mass is 319 g/mol. The van der Waals surface area contributed by atoms with E-state index in [9.17, 15) is 4.79 Å². The molecule has 1 fully saturated rings. The maximum atomic E-state index is 12.0. The van der Waals surface area contributed by atoms with E-state index in [0.29, 0.717) is 30.6 Å². The van der Waals surface area contributed by atoms with Gasteiger partial charge in [-0.2, -0.15) is 16.3 Å². The van der Waals surface area contributed by atoms with E-state index in [4.69, 9.17) is 4.52 Å². The van der Waals surface area contributed by atoms with Gasteiger partial charge in [0.1, 0.15) is 0 Å². The highest BCUT2D eigenvalue weighted by Crippen LogP contribution is 2.19. The molecule has 1 N–H and O–H groups in total. The molecule has 0 aromatic carbocycles. The van der Waals surface area contributed by atoms with Crippen LogP contribution in [0.2, 0.25) is 0 Å². The lowest BCUT2D eigenvalue weighted by molar-refractivity contribution is -0.121. The average Bonchev–Trinajstić information content (AvgIpc) is 3.14. The predicted molar refractivity (Wildman–Crippen MR) is 85.6 cm³/mol. The van der Waals surface area contributed by atoms with Crippen molar-refractivity contribution < 1.29 is 9.32 Å². The second kappa shape index (κ2) is 7.54. The molecule has 118 valence electrons. The Kier molecular flexibility index (Phi) is 5.21. The fourth-order valence-electron chi connectivity index (χ4n) is 2.81. The van der Waals surface area contributed by atoms with Crippen LogP contribution in [0.5, 0.6) is 0 Å². The van der Waals surface area contributed by atoms with Crippen molar-refractivity contribution in [3.63, 3.8) is 0 Å². The zero-order valence-corrected chi connectivity index (χ0v) is 13.4. The minimum atomic E-state index is 0.0854. The number of hydrogen-bond donors (Lipinski definition) is 1. The molecule has 2 aromatic rings. The van der Waals surface area contributed by atoms with Gasteiger partial charge in [0, 0.05) is 29.8 Å². The molecule has 0 aliphatic heterocycles. The van der Waals surface area contributed by atoms with Crippen molar-refractivity contribution in [2.24, 2.45) is 0 Å². The van der Waals surface area contributed by atoms with Gasteiger partial charge in [-0.3, -0.25) is 4.79 Å². The van der Waals surface area contributed by atoms with E-state index in [0.717, 1.165) is 18.4 Å². The van der Waals surface area contributed by atoms with E-state index in [1.165, 1.54) is 25.7 Å². The van der Waals surface area contributed by atoms with E-state index < -0.39 is 0 Å². The lowest BCUT2D eigenvalue weighted by atomic mass is 10.1. The molecule has 0 saturated heterocycles. The smallest absolute Gasteiger partial charge is 0.227 e. The molecule has 0 radical (unpaired) electrons. The van der Waals surface area contributed by atoms with Crippen molar-refractivity contribution in [3.05, 3.63) is 22.7 Å². The standard InChI is InChI=1S/C16H21N3O2S/c20-14(17-13-5-3-1-2-4-6-13)7-8-15-18-16(19-21-15)12-9-10-22-11-12/h9-11,13H,1-8H2,(H,17,20). The van der Waals surface area contributed by atoms with E-state index in [1.807, 2.05) is 16.8 Å². The molecule has 0 spiro atoms. The van der Waals surface area contributed by atoms with Crippen LogP contribution in [0.1, 0.15) is 50.8 Å². The summed E-state index contributed by atoms with van der Waals surface area (Å²) >= 11 is 1.60. The number of carbonyl (C=O) groups excluding carboxylic acids is 1. The first-order chi connectivity index (χ1) is 10.8. The predicted octanol–water partition coefficient (Wildman–Crippen LogP) is 3.57. The van der Waals surface area contributed by atoms with Crippen LogP contribution < -0.4 is 5.32 Å². The maximum absolute atomic E-state index is 12.0. The summed E-state index contributed by atoms with van der Waals surface area (Å²) in [6.45, 7) is 0. The highest BCUT2D eigenvalue weighted by Gasteiger charge is 2.16. The van der Waals surface area contributed by atoms with Crippen LogP contribution in [0.4, 0.5) is 0 Å².